The highest BCUT2D eigenvalue weighted by Gasteiger charge is 2.35. The van der Waals surface area contributed by atoms with Crippen molar-refractivity contribution in [1.29, 1.82) is 0 Å². The number of ether oxygens (including phenoxy) is 1. The number of nitrogens with zero attached hydrogens (tertiary/aromatic N) is 5. The third kappa shape index (κ3) is 4.01. The highest BCUT2D eigenvalue weighted by molar-refractivity contribution is 7.90. The van der Waals surface area contributed by atoms with Crippen LogP contribution in [0.15, 0.2) is 59.3 Å². The van der Waals surface area contributed by atoms with Gasteiger partial charge in [0.1, 0.15) is 5.82 Å². The molecule has 4 aromatic rings. The lowest BCUT2D eigenvalue weighted by atomic mass is 9.93. The van der Waals surface area contributed by atoms with E-state index in [2.05, 4.69) is 22.1 Å². The monoisotopic (exact) mass is 493 g/mol. The van der Waals surface area contributed by atoms with Gasteiger partial charge in [0.05, 0.1) is 23.2 Å². The minimum absolute atomic E-state index is 0.0401. The molecular weight excluding hydrogens is 466 g/mol. The van der Waals surface area contributed by atoms with Crippen molar-refractivity contribution in [3.05, 3.63) is 65.8 Å². The van der Waals surface area contributed by atoms with Crippen LogP contribution in [0.2, 0.25) is 0 Å². The number of hydrogen-bond donors (Lipinski definition) is 0. The van der Waals surface area contributed by atoms with Crippen LogP contribution in [0.25, 0.3) is 16.8 Å². The minimum Gasteiger partial charge on any atom is -0.463 e. The van der Waals surface area contributed by atoms with Crippen LogP contribution in [0.3, 0.4) is 0 Å². The summed E-state index contributed by atoms with van der Waals surface area (Å²) in [5, 5.41) is 8.80. The second-order valence-electron chi connectivity index (χ2n) is 8.89. The maximum atomic E-state index is 13.4. The molecular formula is C25H27N5O4S. The van der Waals surface area contributed by atoms with Crippen molar-refractivity contribution >= 4 is 32.8 Å². The lowest BCUT2D eigenvalue weighted by molar-refractivity contribution is -0.137. The molecule has 3 heterocycles. The van der Waals surface area contributed by atoms with Crippen LogP contribution in [0.1, 0.15) is 50.4 Å². The van der Waals surface area contributed by atoms with E-state index < -0.39 is 10.0 Å². The van der Waals surface area contributed by atoms with Gasteiger partial charge in [-0.25, -0.2) is 22.2 Å². The summed E-state index contributed by atoms with van der Waals surface area (Å²) in [4.78, 5) is 16.6. The molecule has 0 aliphatic heterocycles. The SMILES string of the molecule is CCOC(=O)/C=C1\CC(CC)C(c2nnc3cnc4c(ccn4S(=O)(=O)c4ccc(C)cc4)n23)C1. The number of benzene rings is 1. The summed E-state index contributed by atoms with van der Waals surface area (Å²) in [7, 11) is -3.83. The molecule has 0 bridgehead atoms. The molecule has 0 N–H and O–H groups in total. The predicted octanol–water partition coefficient (Wildman–Crippen LogP) is 4.02. The van der Waals surface area contributed by atoms with Crippen LogP contribution < -0.4 is 0 Å². The van der Waals surface area contributed by atoms with E-state index >= 15 is 0 Å². The topological polar surface area (TPSA) is 108 Å². The molecule has 2 atom stereocenters. The fraction of sp³-hybridized carbons (Fsp3) is 0.360. The fourth-order valence-electron chi connectivity index (χ4n) is 4.92. The number of esters is 1. The summed E-state index contributed by atoms with van der Waals surface area (Å²) < 4.78 is 34.9. The van der Waals surface area contributed by atoms with Crippen molar-refractivity contribution in [2.45, 2.75) is 50.8 Å². The first-order valence-corrected chi connectivity index (χ1v) is 13.2. The van der Waals surface area contributed by atoms with Crippen molar-refractivity contribution in [1.82, 2.24) is 23.6 Å². The molecule has 3 aromatic heterocycles. The van der Waals surface area contributed by atoms with Gasteiger partial charge < -0.3 is 4.74 Å². The number of allylic oxidation sites excluding steroid dienone is 1. The zero-order chi connectivity index (χ0) is 24.7. The Morgan fingerprint density at radius 3 is 2.63 bits per heavy atom. The summed E-state index contributed by atoms with van der Waals surface area (Å²) in [6.07, 6.45) is 7.03. The van der Waals surface area contributed by atoms with Gasteiger partial charge in [0.25, 0.3) is 10.0 Å². The van der Waals surface area contributed by atoms with Crippen molar-refractivity contribution in [2.75, 3.05) is 6.61 Å². The van der Waals surface area contributed by atoms with E-state index in [1.165, 1.54) is 10.2 Å². The number of carbonyl (C=O) groups is 1. The van der Waals surface area contributed by atoms with Crippen LogP contribution in [0.5, 0.6) is 0 Å². The van der Waals surface area contributed by atoms with Gasteiger partial charge in [-0.15, -0.1) is 10.2 Å². The molecule has 1 fully saturated rings. The molecule has 0 amide bonds. The van der Waals surface area contributed by atoms with Crippen LogP contribution in [0, 0.1) is 12.8 Å². The average Bonchev–Trinajstić information content (AvgIpc) is 3.55. The Morgan fingerprint density at radius 1 is 1.14 bits per heavy atom. The molecule has 10 heteroatoms. The normalized spacial score (nSPS) is 19.7. The number of carbonyl (C=O) groups excluding carboxylic acids is 1. The van der Waals surface area contributed by atoms with Crippen LogP contribution >= 0.6 is 0 Å². The van der Waals surface area contributed by atoms with Gasteiger partial charge in [-0.1, -0.05) is 36.6 Å². The number of rotatable bonds is 6. The van der Waals surface area contributed by atoms with E-state index in [0.29, 0.717) is 29.8 Å². The smallest absolute Gasteiger partial charge is 0.330 e. The first-order chi connectivity index (χ1) is 16.8. The van der Waals surface area contributed by atoms with Crippen LogP contribution in [-0.2, 0) is 19.6 Å². The van der Waals surface area contributed by atoms with Crippen molar-refractivity contribution in [3.63, 3.8) is 0 Å². The number of fused-ring (bicyclic) bond motifs is 3. The molecule has 35 heavy (non-hydrogen) atoms. The summed E-state index contributed by atoms with van der Waals surface area (Å²) in [6, 6.07) is 8.48. The Morgan fingerprint density at radius 2 is 1.91 bits per heavy atom. The largest absolute Gasteiger partial charge is 0.463 e. The second-order valence-corrected chi connectivity index (χ2v) is 10.7. The number of aryl methyl sites for hydroxylation is 1. The molecule has 0 saturated heterocycles. The minimum atomic E-state index is -3.83. The maximum Gasteiger partial charge on any atom is 0.330 e. The Bertz CT molecular complexity index is 1550. The molecule has 1 aliphatic rings. The quantitative estimate of drug-likeness (QED) is 0.295. The third-order valence-corrected chi connectivity index (χ3v) is 8.36. The number of aromatic nitrogens is 5. The first-order valence-electron chi connectivity index (χ1n) is 11.7. The molecule has 1 aliphatic carbocycles. The third-order valence-electron chi connectivity index (χ3n) is 6.68. The van der Waals surface area contributed by atoms with Crippen LogP contribution in [0.4, 0.5) is 0 Å². The average molecular weight is 494 g/mol. The molecule has 5 rings (SSSR count). The van der Waals surface area contributed by atoms with E-state index in [-0.39, 0.29) is 22.7 Å². The van der Waals surface area contributed by atoms with Gasteiger partial charge in [-0.3, -0.25) is 4.40 Å². The standard InChI is InChI=1S/C25H27N5O4S/c1-4-18-12-17(14-23(31)34-5-2)13-20(18)24-28-27-22-15-26-25-21(30(22)24)10-11-29(25)35(32,33)19-8-6-16(3)7-9-19/h6-11,14-15,18,20H,4-5,12-13H2,1-3H3/b17-14+. The lowest BCUT2D eigenvalue weighted by Gasteiger charge is -2.16. The van der Waals surface area contributed by atoms with Gasteiger partial charge in [-0.2, -0.15) is 0 Å². The Hall–Kier alpha value is -3.53. The van der Waals surface area contributed by atoms with Gasteiger partial charge in [0, 0.05) is 18.2 Å². The van der Waals surface area contributed by atoms with Gasteiger partial charge >= 0.3 is 5.97 Å². The molecule has 1 aromatic carbocycles. The molecule has 9 nitrogen and oxygen atoms in total. The van der Waals surface area contributed by atoms with Crippen molar-refractivity contribution < 1.29 is 17.9 Å². The van der Waals surface area contributed by atoms with Gasteiger partial charge in [0.2, 0.25) is 0 Å². The van der Waals surface area contributed by atoms with E-state index in [0.717, 1.165) is 29.8 Å². The Labute approximate surface area is 203 Å². The zero-order valence-corrected chi connectivity index (χ0v) is 20.7. The highest BCUT2D eigenvalue weighted by atomic mass is 32.2. The van der Waals surface area contributed by atoms with Crippen molar-refractivity contribution in [3.8, 4) is 0 Å². The van der Waals surface area contributed by atoms with E-state index in [4.69, 9.17) is 4.74 Å². The van der Waals surface area contributed by atoms with Crippen molar-refractivity contribution in [2.24, 2.45) is 5.92 Å². The summed E-state index contributed by atoms with van der Waals surface area (Å²) >= 11 is 0. The lowest BCUT2D eigenvalue weighted by Crippen LogP contribution is -2.13. The highest BCUT2D eigenvalue weighted by Crippen LogP contribution is 2.44. The summed E-state index contributed by atoms with van der Waals surface area (Å²) in [6.45, 7) is 6.16. The molecule has 182 valence electrons. The van der Waals surface area contributed by atoms with E-state index in [1.54, 1.807) is 49.5 Å². The van der Waals surface area contributed by atoms with E-state index in [9.17, 15) is 13.2 Å². The number of hydrogen-bond acceptors (Lipinski definition) is 7. The first kappa shape index (κ1) is 23.2. The maximum absolute atomic E-state index is 13.4. The molecule has 0 radical (unpaired) electrons. The van der Waals surface area contributed by atoms with E-state index in [1.807, 2.05) is 11.3 Å². The zero-order valence-electron chi connectivity index (χ0n) is 19.9. The predicted molar refractivity (Wildman–Crippen MR) is 131 cm³/mol. The Balaban J connectivity index is 1.60. The summed E-state index contributed by atoms with van der Waals surface area (Å²) in [5.41, 5.74) is 3.49. The molecule has 2 unspecified atom stereocenters. The van der Waals surface area contributed by atoms with Crippen LogP contribution in [-0.4, -0.2) is 44.5 Å². The second kappa shape index (κ2) is 8.92. The van der Waals surface area contributed by atoms with Gasteiger partial charge in [-0.05, 0) is 50.8 Å². The molecule has 1 saturated carbocycles. The summed E-state index contributed by atoms with van der Waals surface area (Å²) in [5.74, 6) is 0.745. The van der Waals surface area contributed by atoms with Gasteiger partial charge in [0.15, 0.2) is 11.3 Å². The fourth-order valence-corrected chi connectivity index (χ4v) is 6.22. The molecule has 0 spiro atoms. The Kier molecular flexibility index (Phi) is 5.92.